The van der Waals surface area contributed by atoms with E-state index in [-0.39, 0.29) is 18.6 Å². The molecule has 1 saturated heterocycles. The number of piperidine rings is 1. The van der Waals surface area contributed by atoms with Gasteiger partial charge in [-0.15, -0.1) is 0 Å². The quantitative estimate of drug-likeness (QED) is 0.745. The van der Waals surface area contributed by atoms with Crippen molar-refractivity contribution in [2.45, 2.75) is 32.8 Å². The molecule has 1 unspecified atom stereocenters. The molecule has 0 radical (unpaired) electrons. The molecular weight excluding hydrogens is 346 g/mol. The van der Waals surface area contributed by atoms with E-state index >= 15 is 0 Å². The zero-order chi connectivity index (χ0) is 19.1. The van der Waals surface area contributed by atoms with Crippen LogP contribution in [0.25, 0.3) is 0 Å². The van der Waals surface area contributed by atoms with Crippen LogP contribution in [0.15, 0.2) is 36.5 Å². The molecular formula is C20H25N3O4. The number of aromatic nitrogens is 2. The zero-order valence-electron chi connectivity index (χ0n) is 15.8. The Hall–Kier alpha value is -2.83. The fourth-order valence-corrected chi connectivity index (χ4v) is 2.97. The van der Waals surface area contributed by atoms with E-state index in [2.05, 4.69) is 9.97 Å². The van der Waals surface area contributed by atoms with Gasteiger partial charge in [0.1, 0.15) is 23.4 Å². The van der Waals surface area contributed by atoms with Crippen molar-refractivity contribution in [3.8, 4) is 17.4 Å². The van der Waals surface area contributed by atoms with Crippen molar-refractivity contribution in [1.82, 2.24) is 14.9 Å². The second-order valence-electron chi connectivity index (χ2n) is 6.36. The Bertz CT molecular complexity index is 751. The normalized spacial score (nSPS) is 16.7. The van der Waals surface area contributed by atoms with E-state index < -0.39 is 0 Å². The van der Waals surface area contributed by atoms with Gasteiger partial charge in [-0.2, -0.15) is 4.98 Å². The van der Waals surface area contributed by atoms with Crippen LogP contribution in [0.3, 0.4) is 0 Å². The maximum atomic E-state index is 12.5. The van der Waals surface area contributed by atoms with Gasteiger partial charge < -0.3 is 19.1 Å². The Balaban J connectivity index is 1.49. The first-order chi connectivity index (χ1) is 13.1. The Morgan fingerprint density at radius 1 is 1.19 bits per heavy atom. The van der Waals surface area contributed by atoms with Crippen LogP contribution in [0.1, 0.15) is 25.6 Å². The summed E-state index contributed by atoms with van der Waals surface area (Å²) >= 11 is 0. The monoisotopic (exact) mass is 371 g/mol. The molecule has 0 spiro atoms. The first kappa shape index (κ1) is 18.9. The molecule has 27 heavy (non-hydrogen) atoms. The predicted molar refractivity (Wildman–Crippen MR) is 100 cm³/mol. The molecule has 0 aliphatic carbocycles. The summed E-state index contributed by atoms with van der Waals surface area (Å²) in [5.41, 5.74) is 0. The van der Waals surface area contributed by atoms with E-state index in [1.165, 1.54) is 0 Å². The first-order valence-corrected chi connectivity index (χ1v) is 9.24. The molecule has 1 aromatic carbocycles. The molecule has 0 N–H and O–H groups in total. The van der Waals surface area contributed by atoms with Crippen LogP contribution in [0, 0.1) is 6.92 Å². The van der Waals surface area contributed by atoms with Crippen molar-refractivity contribution >= 4 is 5.91 Å². The van der Waals surface area contributed by atoms with Crippen LogP contribution >= 0.6 is 0 Å². The van der Waals surface area contributed by atoms with Gasteiger partial charge in [-0.3, -0.25) is 4.79 Å². The van der Waals surface area contributed by atoms with Crippen molar-refractivity contribution < 1.29 is 19.0 Å². The van der Waals surface area contributed by atoms with Gasteiger partial charge >= 0.3 is 0 Å². The smallest absolute Gasteiger partial charge is 0.260 e. The van der Waals surface area contributed by atoms with Crippen molar-refractivity contribution in [3.63, 3.8) is 0 Å². The highest BCUT2D eigenvalue weighted by molar-refractivity contribution is 5.77. The molecule has 2 heterocycles. The lowest BCUT2D eigenvalue weighted by Crippen LogP contribution is -2.46. The van der Waals surface area contributed by atoms with E-state index in [0.717, 1.165) is 18.6 Å². The Morgan fingerprint density at radius 2 is 1.93 bits per heavy atom. The minimum absolute atomic E-state index is 0.00726. The summed E-state index contributed by atoms with van der Waals surface area (Å²) in [5, 5.41) is 0. The van der Waals surface area contributed by atoms with Gasteiger partial charge in [0, 0.05) is 18.8 Å². The first-order valence-electron chi connectivity index (χ1n) is 9.24. The molecule has 0 bridgehead atoms. The highest BCUT2D eigenvalue weighted by Crippen LogP contribution is 2.19. The van der Waals surface area contributed by atoms with E-state index in [9.17, 15) is 4.79 Å². The number of hydrogen-bond acceptors (Lipinski definition) is 6. The van der Waals surface area contributed by atoms with Crippen LogP contribution in [-0.2, 0) is 4.79 Å². The maximum Gasteiger partial charge on any atom is 0.260 e. The summed E-state index contributed by atoms with van der Waals surface area (Å²) in [6.45, 7) is 5.63. The lowest BCUT2D eigenvalue weighted by atomic mass is 10.1. The molecule has 1 amide bonds. The summed E-state index contributed by atoms with van der Waals surface area (Å²) < 4.78 is 16.9. The Labute approximate surface area is 159 Å². The standard InChI is InChI=1S/C20H25N3O4/c1-3-25-16-6-8-17(9-7-16)26-14-20(24)23-12-4-5-18(13-23)27-19-10-11-21-15(2)22-19/h6-11,18H,3-5,12-14H2,1-2H3. The number of hydrogen-bond donors (Lipinski definition) is 0. The molecule has 1 aliphatic heterocycles. The van der Waals surface area contributed by atoms with Gasteiger partial charge in [0.25, 0.3) is 5.91 Å². The minimum atomic E-state index is -0.0672. The molecule has 1 atom stereocenters. The number of likely N-dealkylation sites (tertiary alicyclic amines) is 1. The van der Waals surface area contributed by atoms with Crippen LogP contribution in [0.4, 0.5) is 0 Å². The van der Waals surface area contributed by atoms with Crippen LogP contribution < -0.4 is 14.2 Å². The number of carbonyl (C=O) groups excluding carboxylic acids is 1. The number of carbonyl (C=O) groups is 1. The lowest BCUT2D eigenvalue weighted by molar-refractivity contribution is -0.136. The molecule has 7 heteroatoms. The number of nitrogens with zero attached hydrogens (tertiary/aromatic N) is 3. The highest BCUT2D eigenvalue weighted by Gasteiger charge is 2.25. The maximum absolute atomic E-state index is 12.5. The molecule has 1 fully saturated rings. The van der Waals surface area contributed by atoms with Gasteiger partial charge in [-0.1, -0.05) is 0 Å². The summed E-state index contributed by atoms with van der Waals surface area (Å²) in [6, 6.07) is 9.01. The third-order valence-electron chi connectivity index (χ3n) is 4.27. The van der Waals surface area contributed by atoms with Crippen LogP contribution in [0.5, 0.6) is 17.4 Å². The van der Waals surface area contributed by atoms with Crippen LogP contribution in [-0.4, -0.2) is 53.2 Å². The third kappa shape index (κ3) is 5.57. The number of aryl methyl sites for hydroxylation is 1. The molecule has 0 saturated carbocycles. The Kier molecular flexibility index (Phi) is 6.46. The summed E-state index contributed by atoms with van der Waals surface area (Å²) in [5.74, 6) is 2.60. The minimum Gasteiger partial charge on any atom is -0.494 e. The summed E-state index contributed by atoms with van der Waals surface area (Å²) in [7, 11) is 0. The number of rotatable bonds is 7. The molecule has 1 aliphatic rings. The largest absolute Gasteiger partial charge is 0.494 e. The van der Waals surface area contributed by atoms with Crippen molar-refractivity contribution in [2.24, 2.45) is 0 Å². The number of amides is 1. The van der Waals surface area contributed by atoms with Crippen LogP contribution in [0.2, 0.25) is 0 Å². The topological polar surface area (TPSA) is 73.8 Å². The van der Waals surface area contributed by atoms with E-state index in [0.29, 0.717) is 37.2 Å². The van der Waals surface area contributed by atoms with Gasteiger partial charge in [0.05, 0.1) is 13.2 Å². The van der Waals surface area contributed by atoms with Gasteiger partial charge in [0.2, 0.25) is 5.88 Å². The molecule has 144 valence electrons. The fraction of sp³-hybridized carbons (Fsp3) is 0.450. The lowest BCUT2D eigenvalue weighted by Gasteiger charge is -2.32. The SMILES string of the molecule is CCOc1ccc(OCC(=O)N2CCCC(Oc3ccnc(C)n3)C2)cc1. The van der Waals surface area contributed by atoms with Crippen molar-refractivity contribution in [1.29, 1.82) is 0 Å². The Morgan fingerprint density at radius 3 is 2.63 bits per heavy atom. The highest BCUT2D eigenvalue weighted by atomic mass is 16.5. The molecule has 1 aromatic heterocycles. The number of ether oxygens (including phenoxy) is 3. The van der Waals surface area contributed by atoms with Gasteiger partial charge in [-0.05, 0) is 51.0 Å². The third-order valence-corrected chi connectivity index (χ3v) is 4.27. The second-order valence-corrected chi connectivity index (χ2v) is 6.36. The second kappa shape index (κ2) is 9.21. The van der Waals surface area contributed by atoms with E-state index in [1.807, 2.05) is 26.0 Å². The van der Waals surface area contributed by atoms with Crippen molar-refractivity contribution in [3.05, 3.63) is 42.4 Å². The summed E-state index contributed by atoms with van der Waals surface area (Å²) in [6.07, 6.45) is 3.40. The molecule has 2 aromatic rings. The van der Waals surface area contributed by atoms with Gasteiger partial charge in [0.15, 0.2) is 6.61 Å². The van der Waals surface area contributed by atoms with E-state index in [4.69, 9.17) is 14.2 Å². The average molecular weight is 371 g/mol. The van der Waals surface area contributed by atoms with Crippen molar-refractivity contribution in [2.75, 3.05) is 26.3 Å². The number of benzene rings is 1. The fourth-order valence-electron chi connectivity index (χ4n) is 2.97. The average Bonchev–Trinajstić information content (AvgIpc) is 2.68. The molecule has 3 rings (SSSR count). The summed E-state index contributed by atoms with van der Waals surface area (Å²) in [4.78, 5) is 22.6. The zero-order valence-corrected chi connectivity index (χ0v) is 15.8. The van der Waals surface area contributed by atoms with E-state index in [1.54, 1.807) is 29.3 Å². The van der Waals surface area contributed by atoms with Gasteiger partial charge in [-0.25, -0.2) is 4.98 Å². The predicted octanol–water partition coefficient (Wildman–Crippen LogP) is 2.63. The molecule has 7 nitrogen and oxygen atoms in total.